The minimum Gasteiger partial charge on any atom is -0.493 e. The Morgan fingerprint density at radius 2 is 1.38 bits per heavy atom. The quantitative estimate of drug-likeness (QED) is 0.102. The molecule has 0 heterocycles. The molecule has 0 bridgehead atoms. The lowest BCUT2D eigenvalue weighted by Gasteiger charge is -2.36. The molecule has 0 aromatic heterocycles. The van der Waals surface area contributed by atoms with Crippen LogP contribution in [0.4, 0.5) is 0 Å². The number of hydrogen-bond donors (Lipinski definition) is 0. The Morgan fingerprint density at radius 1 is 0.757 bits per heavy atom. The van der Waals surface area contributed by atoms with Gasteiger partial charge in [-0.3, -0.25) is 0 Å². The van der Waals surface area contributed by atoms with Crippen LogP contribution in [0.2, 0.25) is 0 Å². The van der Waals surface area contributed by atoms with Crippen molar-refractivity contribution in [3.05, 3.63) is 65.7 Å². The van der Waals surface area contributed by atoms with Crippen molar-refractivity contribution in [3.8, 4) is 5.75 Å². The molecule has 0 saturated heterocycles. The molecule has 4 heteroatoms. The fourth-order valence-corrected chi connectivity index (χ4v) is 5.10. The van der Waals surface area contributed by atoms with Gasteiger partial charge in [0.1, 0.15) is 12.3 Å². The van der Waals surface area contributed by atoms with Gasteiger partial charge in [-0.15, -0.1) is 0 Å². The lowest BCUT2D eigenvalue weighted by molar-refractivity contribution is -0.919. The standard InChI is InChI=1S/C33H52NO3/c1-5-7-8-9-10-11-12-13-17-23-30-24-18-19-25-32(30)36-26-20-27-37-33(35)31(6-2)34(3,4)28-29-21-15-14-16-22-29/h14-16,18-19,21-22,24-25,31H,5-13,17,20,23,26-28H2,1-4H3/q+1. The number of ether oxygens (including phenoxy) is 2. The summed E-state index contributed by atoms with van der Waals surface area (Å²) in [5.74, 6) is 0.856. The van der Waals surface area contributed by atoms with Crippen LogP contribution in [0.5, 0.6) is 5.75 Å². The zero-order valence-electron chi connectivity index (χ0n) is 24.1. The van der Waals surface area contributed by atoms with E-state index in [1.165, 1.54) is 68.9 Å². The van der Waals surface area contributed by atoms with E-state index in [2.05, 4.69) is 58.3 Å². The van der Waals surface area contributed by atoms with Crippen LogP contribution in [-0.2, 0) is 22.5 Å². The number of benzene rings is 2. The summed E-state index contributed by atoms with van der Waals surface area (Å²) in [5, 5.41) is 0. The molecule has 0 aliphatic carbocycles. The Morgan fingerprint density at radius 3 is 2.05 bits per heavy atom. The maximum atomic E-state index is 12.9. The third-order valence-electron chi connectivity index (χ3n) is 7.25. The van der Waals surface area contributed by atoms with Gasteiger partial charge < -0.3 is 14.0 Å². The molecule has 2 aromatic carbocycles. The van der Waals surface area contributed by atoms with Gasteiger partial charge in [0.2, 0.25) is 0 Å². The van der Waals surface area contributed by atoms with Crippen LogP contribution < -0.4 is 4.74 Å². The van der Waals surface area contributed by atoms with E-state index >= 15 is 0 Å². The normalized spacial score (nSPS) is 12.3. The van der Waals surface area contributed by atoms with E-state index in [0.717, 1.165) is 25.1 Å². The fourth-order valence-electron chi connectivity index (χ4n) is 5.10. The molecule has 0 N–H and O–H groups in total. The summed E-state index contributed by atoms with van der Waals surface area (Å²) in [4.78, 5) is 12.9. The molecule has 1 unspecified atom stereocenters. The molecule has 206 valence electrons. The van der Waals surface area contributed by atoms with Crippen LogP contribution in [0.15, 0.2) is 54.6 Å². The number of aryl methyl sites for hydroxylation is 1. The number of carbonyl (C=O) groups excluding carboxylic acids is 1. The minimum atomic E-state index is -0.182. The predicted molar refractivity (Wildman–Crippen MR) is 155 cm³/mol. The van der Waals surface area contributed by atoms with Crippen molar-refractivity contribution < 1.29 is 18.8 Å². The van der Waals surface area contributed by atoms with Gasteiger partial charge in [0.15, 0.2) is 6.04 Å². The molecular weight excluding hydrogens is 458 g/mol. The van der Waals surface area contributed by atoms with Crippen molar-refractivity contribution in [3.63, 3.8) is 0 Å². The van der Waals surface area contributed by atoms with E-state index < -0.39 is 0 Å². The number of nitrogens with zero attached hydrogens (tertiary/aromatic N) is 1. The third kappa shape index (κ3) is 12.2. The van der Waals surface area contributed by atoms with Gasteiger partial charge in [0.25, 0.3) is 0 Å². The Hall–Kier alpha value is -2.33. The van der Waals surface area contributed by atoms with E-state index in [4.69, 9.17) is 9.47 Å². The van der Waals surface area contributed by atoms with Crippen LogP contribution in [0.1, 0.15) is 95.6 Å². The second kappa shape index (κ2) is 18.0. The number of unbranched alkanes of at least 4 members (excludes halogenated alkanes) is 8. The van der Waals surface area contributed by atoms with Gasteiger partial charge in [-0.1, -0.05) is 114 Å². The largest absolute Gasteiger partial charge is 0.493 e. The van der Waals surface area contributed by atoms with Crippen molar-refractivity contribution >= 4 is 5.97 Å². The minimum absolute atomic E-state index is 0.116. The summed E-state index contributed by atoms with van der Waals surface area (Å²) < 4.78 is 12.4. The van der Waals surface area contributed by atoms with Gasteiger partial charge in [0, 0.05) is 18.4 Å². The Balaban J connectivity index is 1.67. The number of esters is 1. The van der Waals surface area contributed by atoms with Gasteiger partial charge in [-0.2, -0.15) is 0 Å². The predicted octanol–water partition coefficient (Wildman–Crippen LogP) is 8.13. The molecule has 0 spiro atoms. The van der Waals surface area contributed by atoms with Crippen LogP contribution >= 0.6 is 0 Å². The monoisotopic (exact) mass is 510 g/mol. The summed E-state index contributed by atoms with van der Waals surface area (Å²) in [6.45, 7) is 6.08. The van der Waals surface area contributed by atoms with Crippen LogP contribution in [0, 0.1) is 0 Å². The maximum Gasteiger partial charge on any atom is 0.364 e. The Bertz CT molecular complexity index is 865. The molecule has 2 rings (SSSR count). The summed E-state index contributed by atoms with van der Waals surface area (Å²) in [7, 11) is 4.21. The van der Waals surface area contributed by atoms with Gasteiger partial charge >= 0.3 is 5.97 Å². The van der Waals surface area contributed by atoms with Gasteiger partial charge in [-0.25, -0.2) is 4.79 Å². The summed E-state index contributed by atoms with van der Waals surface area (Å²) in [5.41, 5.74) is 2.52. The fraction of sp³-hybridized carbons (Fsp3) is 0.606. The molecule has 0 saturated carbocycles. The zero-order chi connectivity index (χ0) is 26.8. The van der Waals surface area contributed by atoms with Crippen LogP contribution in [0.25, 0.3) is 0 Å². The number of carbonyl (C=O) groups is 1. The first-order valence-electron chi connectivity index (χ1n) is 14.7. The Labute approximate surface area is 227 Å². The maximum absolute atomic E-state index is 12.9. The molecule has 4 nitrogen and oxygen atoms in total. The molecule has 0 amide bonds. The Kier molecular flexibility index (Phi) is 15.0. The molecule has 0 radical (unpaired) electrons. The van der Waals surface area contributed by atoms with E-state index in [9.17, 15) is 4.79 Å². The van der Waals surface area contributed by atoms with Crippen molar-refractivity contribution in [1.82, 2.24) is 0 Å². The highest BCUT2D eigenvalue weighted by molar-refractivity contribution is 5.74. The van der Waals surface area contributed by atoms with Crippen LogP contribution in [-0.4, -0.2) is 43.8 Å². The van der Waals surface area contributed by atoms with E-state index in [0.29, 0.717) is 24.1 Å². The molecule has 0 fully saturated rings. The molecule has 0 aliphatic heterocycles. The molecular formula is C33H52NO3+. The number of likely N-dealkylation sites (N-methyl/N-ethyl adjacent to an activating group) is 1. The molecule has 37 heavy (non-hydrogen) atoms. The van der Waals surface area contributed by atoms with E-state index in [1.54, 1.807) is 0 Å². The number of quaternary nitrogens is 1. The van der Waals surface area contributed by atoms with Crippen LogP contribution in [0.3, 0.4) is 0 Å². The first kappa shape index (κ1) is 30.9. The van der Waals surface area contributed by atoms with E-state index in [1.807, 2.05) is 24.3 Å². The average molecular weight is 511 g/mol. The number of rotatable bonds is 20. The van der Waals surface area contributed by atoms with Gasteiger partial charge in [-0.05, 0) is 24.5 Å². The highest BCUT2D eigenvalue weighted by atomic mass is 16.5. The van der Waals surface area contributed by atoms with Crippen molar-refractivity contribution in [1.29, 1.82) is 0 Å². The molecule has 1 atom stereocenters. The highest BCUT2D eigenvalue weighted by Crippen LogP contribution is 2.22. The van der Waals surface area contributed by atoms with Crippen molar-refractivity contribution in [2.45, 2.75) is 103 Å². The smallest absolute Gasteiger partial charge is 0.364 e. The zero-order valence-corrected chi connectivity index (χ0v) is 24.1. The van der Waals surface area contributed by atoms with Gasteiger partial charge in [0.05, 0.1) is 27.3 Å². The first-order chi connectivity index (χ1) is 18.0. The lowest BCUT2D eigenvalue weighted by Crippen LogP contribution is -2.52. The number of hydrogen-bond acceptors (Lipinski definition) is 3. The summed E-state index contributed by atoms with van der Waals surface area (Å²) in [6, 6.07) is 18.5. The lowest BCUT2D eigenvalue weighted by atomic mass is 10.0. The summed E-state index contributed by atoms with van der Waals surface area (Å²) in [6.07, 6.45) is 14.6. The molecule has 0 aliphatic rings. The van der Waals surface area contributed by atoms with E-state index in [-0.39, 0.29) is 12.0 Å². The highest BCUT2D eigenvalue weighted by Gasteiger charge is 2.34. The molecule has 2 aromatic rings. The summed E-state index contributed by atoms with van der Waals surface area (Å²) >= 11 is 0. The number of para-hydroxylation sites is 1. The second-order valence-corrected chi connectivity index (χ2v) is 10.9. The average Bonchev–Trinajstić information content (AvgIpc) is 2.88. The third-order valence-corrected chi connectivity index (χ3v) is 7.25. The second-order valence-electron chi connectivity index (χ2n) is 10.9. The first-order valence-corrected chi connectivity index (χ1v) is 14.7. The van der Waals surface area contributed by atoms with Crippen molar-refractivity contribution in [2.24, 2.45) is 0 Å². The SMILES string of the molecule is CCCCCCCCCCCc1ccccc1OCCCOC(=O)C(CC)[N+](C)(C)Cc1ccccc1. The topological polar surface area (TPSA) is 35.5 Å². The van der Waals surface area contributed by atoms with Crippen molar-refractivity contribution in [2.75, 3.05) is 27.3 Å².